The number of aromatic nitrogens is 1. The first-order chi connectivity index (χ1) is 9.29. The Labute approximate surface area is 118 Å². The summed E-state index contributed by atoms with van der Waals surface area (Å²) in [5, 5.41) is 4.06. The van der Waals surface area contributed by atoms with Gasteiger partial charge in [0.2, 0.25) is 0 Å². The maximum Gasteiger partial charge on any atom is 0.123 e. The van der Waals surface area contributed by atoms with E-state index in [1.54, 1.807) is 6.20 Å². The molecule has 0 aliphatic heterocycles. The first kappa shape index (κ1) is 13.8. The lowest BCUT2D eigenvalue weighted by Gasteiger charge is -2.11. The maximum absolute atomic E-state index is 6.02. The number of ether oxygens (including phenoxy) is 1. The molecule has 0 amide bonds. The first-order valence-corrected chi connectivity index (χ1v) is 6.69. The van der Waals surface area contributed by atoms with Crippen molar-refractivity contribution in [2.24, 2.45) is 0 Å². The molecule has 0 fully saturated rings. The molecule has 19 heavy (non-hydrogen) atoms. The second kappa shape index (κ2) is 7.12. The van der Waals surface area contributed by atoms with Gasteiger partial charge < -0.3 is 10.1 Å². The first-order valence-electron chi connectivity index (χ1n) is 6.31. The summed E-state index contributed by atoms with van der Waals surface area (Å²) < 4.78 is 5.58. The highest BCUT2D eigenvalue weighted by atomic mass is 35.5. The summed E-state index contributed by atoms with van der Waals surface area (Å²) in [6.45, 7) is 4.04. The van der Waals surface area contributed by atoms with Crippen LogP contribution in [0.1, 0.15) is 18.2 Å². The number of nitrogens with zero attached hydrogens (tertiary/aromatic N) is 1. The van der Waals surface area contributed by atoms with E-state index in [0.29, 0.717) is 13.2 Å². The lowest BCUT2D eigenvalue weighted by atomic mass is 10.2. The van der Waals surface area contributed by atoms with Crippen molar-refractivity contribution < 1.29 is 4.74 Å². The molecule has 0 atom stereocenters. The third-order valence-electron chi connectivity index (χ3n) is 2.67. The zero-order chi connectivity index (χ0) is 13.5. The summed E-state index contributed by atoms with van der Waals surface area (Å²) in [4.78, 5) is 4.27. The zero-order valence-electron chi connectivity index (χ0n) is 10.9. The predicted molar refractivity (Wildman–Crippen MR) is 77.4 cm³/mol. The summed E-state index contributed by atoms with van der Waals surface area (Å²) in [5.74, 6) is 0.875. The fourth-order valence-electron chi connectivity index (χ4n) is 1.81. The van der Waals surface area contributed by atoms with Crippen LogP contribution in [0.15, 0.2) is 42.6 Å². The van der Waals surface area contributed by atoms with Gasteiger partial charge in [0.05, 0.1) is 12.3 Å². The Morgan fingerprint density at radius 1 is 1.21 bits per heavy atom. The molecule has 0 saturated carbocycles. The molecule has 4 heteroatoms. The Morgan fingerprint density at radius 2 is 2.11 bits per heavy atom. The predicted octanol–water partition coefficient (Wildman–Crippen LogP) is 3.42. The van der Waals surface area contributed by atoms with Crippen molar-refractivity contribution in [1.82, 2.24) is 10.3 Å². The highest BCUT2D eigenvalue weighted by Crippen LogP contribution is 2.22. The van der Waals surface area contributed by atoms with Crippen molar-refractivity contribution in [3.63, 3.8) is 0 Å². The van der Waals surface area contributed by atoms with Crippen molar-refractivity contribution >= 4 is 11.6 Å². The molecule has 0 radical (unpaired) electrons. The van der Waals surface area contributed by atoms with Gasteiger partial charge in [0.25, 0.3) is 0 Å². The maximum atomic E-state index is 6.02. The van der Waals surface area contributed by atoms with Gasteiger partial charge in [0, 0.05) is 29.9 Å². The van der Waals surface area contributed by atoms with E-state index in [0.717, 1.165) is 28.6 Å². The number of nitrogens with one attached hydrogen (secondary N) is 1. The molecule has 1 N–H and O–H groups in total. The van der Waals surface area contributed by atoms with Crippen LogP contribution in [0.2, 0.25) is 5.02 Å². The molecule has 0 bridgehead atoms. The third-order valence-corrected chi connectivity index (χ3v) is 2.91. The molecule has 0 aliphatic rings. The molecular weight excluding hydrogens is 260 g/mol. The summed E-state index contributed by atoms with van der Waals surface area (Å²) >= 11 is 6.02. The minimum Gasteiger partial charge on any atom is -0.494 e. The number of benzene rings is 1. The second-order valence-corrected chi connectivity index (χ2v) is 4.55. The number of rotatable bonds is 6. The molecule has 3 nitrogen and oxygen atoms in total. The summed E-state index contributed by atoms with van der Waals surface area (Å²) in [5.41, 5.74) is 2.08. The molecule has 1 heterocycles. The van der Waals surface area contributed by atoms with Crippen LogP contribution in [-0.2, 0) is 13.1 Å². The Kier molecular flexibility index (Phi) is 5.19. The number of hydrogen-bond acceptors (Lipinski definition) is 3. The SMILES string of the molecule is CCOc1ccc(Cl)cc1CNCc1ccccn1. The highest BCUT2D eigenvalue weighted by molar-refractivity contribution is 6.30. The summed E-state index contributed by atoms with van der Waals surface area (Å²) in [7, 11) is 0. The summed E-state index contributed by atoms with van der Waals surface area (Å²) in [6, 6.07) is 11.6. The Bertz CT molecular complexity index is 517. The van der Waals surface area contributed by atoms with Crippen molar-refractivity contribution in [2.45, 2.75) is 20.0 Å². The van der Waals surface area contributed by atoms with Crippen molar-refractivity contribution in [1.29, 1.82) is 0 Å². The highest BCUT2D eigenvalue weighted by Gasteiger charge is 2.04. The van der Waals surface area contributed by atoms with Crippen LogP contribution in [-0.4, -0.2) is 11.6 Å². The van der Waals surface area contributed by atoms with Gasteiger partial charge in [-0.2, -0.15) is 0 Å². The second-order valence-electron chi connectivity index (χ2n) is 4.11. The largest absolute Gasteiger partial charge is 0.494 e. The van der Waals surface area contributed by atoms with Gasteiger partial charge in [-0.1, -0.05) is 17.7 Å². The molecule has 2 rings (SSSR count). The van der Waals surface area contributed by atoms with Crippen LogP contribution in [0.3, 0.4) is 0 Å². The monoisotopic (exact) mass is 276 g/mol. The van der Waals surface area contributed by atoms with E-state index in [4.69, 9.17) is 16.3 Å². The van der Waals surface area contributed by atoms with Gasteiger partial charge in [-0.25, -0.2) is 0 Å². The van der Waals surface area contributed by atoms with Crippen molar-refractivity contribution in [3.8, 4) is 5.75 Å². The molecule has 100 valence electrons. The Hall–Kier alpha value is -1.58. The molecule has 0 aliphatic carbocycles. The Balaban J connectivity index is 1.96. The van der Waals surface area contributed by atoms with E-state index in [2.05, 4.69) is 10.3 Å². The lowest BCUT2D eigenvalue weighted by Crippen LogP contribution is -2.14. The molecule has 0 saturated heterocycles. The van der Waals surface area contributed by atoms with Gasteiger partial charge in [0.1, 0.15) is 5.75 Å². The fourth-order valence-corrected chi connectivity index (χ4v) is 2.01. The van der Waals surface area contributed by atoms with Gasteiger partial charge in [-0.15, -0.1) is 0 Å². The minimum atomic E-state index is 0.648. The van der Waals surface area contributed by atoms with Crippen LogP contribution in [0.25, 0.3) is 0 Å². The minimum absolute atomic E-state index is 0.648. The van der Waals surface area contributed by atoms with Gasteiger partial charge in [-0.05, 0) is 37.3 Å². The van der Waals surface area contributed by atoms with E-state index in [9.17, 15) is 0 Å². The lowest BCUT2D eigenvalue weighted by molar-refractivity contribution is 0.335. The molecule has 1 aromatic carbocycles. The Morgan fingerprint density at radius 3 is 2.84 bits per heavy atom. The summed E-state index contributed by atoms with van der Waals surface area (Å²) in [6.07, 6.45) is 1.79. The van der Waals surface area contributed by atoms with Gasteiger partial charge in [0.15, 0.2) is 0 Å². The fraction of sp³-hybridized carbons (Fsp3) is 0.267. The van der Waals surface area contributed by atoms with E-state index >= 15 is 0 Å². The smallest absolute Gasteiger partial charge is 0.123 e. The zero-order valence-corrected chi connectivity index (χ0v) is 11.7. The van der Waals surface area contributed by atoms with E-state index < -0.39 is 0 Å². The van der Waals surface area contributed by atoms with Crippen LogP contribution in [0.5, 0.6) is 5.75 Å². The third kappa shape index (κ3) is 4.23. The standard InChI is InChI=1S/C15H17ClN2O/c1-2-19-15-7-6-13(16)9-12(15)10-17-11-14-5-3-4-8-18-14/h3-9,17H,2,10-11H2,1H3. The molecular formula is C15H17ClN2O. The van der Waals surface area contributed by atoms with Crippen LogP contribution in [0, 0.1) is 0 Å². The molecule has 2 aromatic rings. The topological polar surface area (TPSA) is 34.1 Å². The van der Waals surface area contributed by atoms with Crippen LogP contribution in [0.4, 0.5) is 0 Å². The number of pyridine rings is 1. The quantitative estimate of drug-likeness (QED) is 0.878. The van der Waals surface area contributed by atoms with E-state index in [1.807, 2.05) is 43.3 Å². The normalized spacial score (nSPS) is 10.4. The molecule has 0 unspecified atom stereocenters. The van der Waals surface area contributed by atoms with Crippen molar-refractivity contribution in [2.75, 3.05) is 6.61 Å². The molecule has 1 aromatic heterocycles. The van der Waals surface area contributed by atoms with Crippen LogP contribution >= 0.6 is 11.6 Å². The van der Waals surface area contributed by atoms with Crippen molar-refractivity contribution in [3.05, 3.63) is 58.9 Å². The van der Waals surface area contributed by atoms with E-state index in [-0.39, 0.29) is 0 Å². The number of halogens is 1. The van der Waals surface area contributed by atoms with Gasteiger partial charge in [-0.3, -0.25) is 4.98 Å². The average Bonchev–Trinajstić information content (AvgIpc) is 2.43. The number of hydrogen-bond donors (Lipinski definition) is 1. The van der Waals surface area contributed by atoms with Crippen LogP contribution < -0.4 is 10.1 Å². The van der Waals surface area contributed by atoms with Gasteiger partial charge >= 0.3 is 0 Å². The van der Waals surface area contributed by atoms with E-state index in [1.165, 1.54) is 0 Å². The molecule has 0 spiro atoms. The average molecular weight is 277 g/mol.